The van der Waals surface area contributed by atoms with Crippen molar-refractivity contribution in [2.24, 2.45) is 0 Å². The zero-order valence-corrected chi connectivity index (χ0v) is 9.94. The van der Waals surface area contributed by atoms with Gasteiger partial charge in [0.05, 0.1) is 5.75 Å². The number of hydrogen-bond donors (Lipinski definition) is 1. The highest BCUT2D eigenvalue weighted by molar-refractivity contribution is 7.91. The number of nitrogen functional groups attached to an aromatic ring is 1. The summed E-state index contributed by atoms with van der Waals surface area (Å²) in [7, 11) is 0.251. The summed E-state index contributed by atoms with van der Waals surface area (Å²) in [6, 6.07) is 0. The van der Waals surface area contributed by atoms with Crippen LogP contribution in [0.15, 0.2) is 4.90 Å². The fourth-order valence-corrected chi connectivity index (χ4v) is 3.29. The lowest BCUT2D eigenvalue weighted by Crippen LogP contribution is -2.13. The second kappa shape index (κ2) is 3.74. The normalized spacial score (nSPS) is 11.6. The van der Waals surface area contributed by atoms with Gasteiger partial charge >= 0.3 is 0 Å². The summed E-state index contributed by atoms with van der Waals surface area (Å²) in [5.74, 6) is 0.136. The van der Waals surface area contributed by atoms with Crippen LogP contribution in [0.1, 0.15) is 6.92 Å². The van der Waals surface area contributed by atoms with E-state index < -0.39 is 9.84 Å². The van der Waals surface area contributed by atoms with Crippen molar-refractivity contribution in [1.82, 2.24) is 4.37 Å². The van der Waals surface area contributed by atoms with Crippen LogP contribution in [0.5, 0.6) is 0 Å². The molecule has 0 saturated heterocycles. The third-order valence-corrected chi connectivity index (χ3v) is 4.70. The minimum Gasteiger partial charge on any atom is -0.382 e. The highest BCUT2D eigenvalue weighted by Gasteiger charge is 2.24. The van der Waals surface area contributed by atoms with E-state index in [4.69, 9.17) is 5.73 Å². The van der Waals surface area contributed by atoms with E-state index >= 15 is 0 Å². The Hall–Kier alpha value is -0.820. The van der Waals surface area contributed by atoms with Crippen LogP contribution in [-0.2, 0) is 9.84 Å². The Kier molecular flexibility index (Phi) is 3.01. The maximum Gasteiger partial charge on any atom is 0.184 e. The smallest absolute Gasteiger partial charge is 0.184 e. The van der Waals surface area contributed by atoms with Crippen molar-refractivity contribution in [1.29, 1.82) is 0 Å². The number of hydrogen-bond acceptors (Lipinski definition) is 6. The van der Waals surface area contributed by atoms with Gasteiger partial charge in [0.25, 0.3) is 0 Å². The molecule has 2 N–H and O–H groups in total. The maximum atomic E-state index is 11.7. The van der Waals surface area contributed by atoms with Crippen LogP contribution in [0.4, 0.5) is 10.8 Å². The Labute approximate surface area is 87.6 Å². The summed E-state index contributed by atoms with van der Waals surface area (Å²) in [6.07, 6.45) is 0. The Morgan fingerprint density at radius 3 is 2.50 bits per heavy atom. The molecule has 1 aromatic heterocycles. The molecule has 5 nitrogen and oxygen atoms in total. The number of anilines is 2. The van der Waals surface area contributed by atoms with Crippen LogP contribution < -0.4 is 10.6 Å². The summed E-state index contributed by atoms with van der Waals surface area (Å²) in [4.78, 5) is 1.87. The van der Waals surface area contributed by atoms with E-state index in [9.17, 15) is 8.42 Å². The van der Waals surface area contributed by atoms with Gasteiger partial charge in [-0.2, -0.15) is 4.37 Å². The predicted octanol–water partition coefficient (Wildman–Crippen LogP) is 0.585. The molecule has 0 aromatic carbocycles. The molecule has 0 amide bonds. The molecule has 7 heteroatoms. The first kappa shape index (κ1) is 11.3. The molecule has 14 heavy (non-hydrogen) atoms. The first-order chi connectivity index (χ1) is 6.40. The van der Waals surface area contributed by atoms with E-state index in [1.54, 1.807) is 25.9 Å². The first-order valence-corrected chi connectivity index (χ1v) is 6.48. The van der Waals surface area contributed by atoms with Crippen LogP contribution in [0, 0.1) is 0 Å². The van der Waals surface area contributed by atoms with Crippen LogP contribution >= 0.6 is 11.5 Å². The van der Waals surface area contributed by atoms with Gasteiger partial charge in [-0.05, 0) is 11.5 Å². The van der Waals surface area contributed by atoms with Crippen LogP contribution in [0.3, 0.4) is 0 Å². The van der Waals surface area contributed by atoms with Crippen LogP contribution in [0.25, 0.3) is 0 Å². The van der Waals surface area contributed by atoms with Crippen molar-refractivity contribution in [2.45, 2.75) is 11.8 Å². The van der Waals surface area contributed by atoms with Crippen LogP contribution in [0.2, 0.25) is 0 Å². The molecular formula is C7H13N3O2S2. The lowest BCUT2D eigenvalue weighted by molar-refractivity contribution is 0.598. The molecular weight excluding hydrogens is 222 g/mol. The van der Waals surface area contributed by atoms with Gasteiger partial charge in [-0.3, -0.25) is 0 Å². The summed E-state index contributed by atoms with van der Waals surface area (Å²) >= 11 is 1.10. The maximum absolute atomic E-state index is 11.7. The molecule has 0 aliphatic carbocycles. The summed E-state index contributed by atoms with van der Waals surface area (Å²) < 4.78 is 27.2. The standard InChI is InChI=1S/C7H13N3O2S2/c1-4-14(11,12)5-6(8)9-13-7(5)10(2)3/h4H2,1-3H3,(H2,8,9). The third-order valence-electron chi connectivity index (χ3n) is 1.75. The van der Waals surface area contributed by atoms with Gasteiger partial charge in [-0.15, -0.1) is 0 Å². The molecule has 0 spiro atoms. The van der Waals surface area contributed by atoms with Crippen molar-refractivity contribution in [3.05, 3.63) is 0 Å². The number of aromatic nitrogens is 1. The molecule has 0 fully saturated rings. The van der Waals surface area contributed by atoms with Crippen LogP contribution in [-0.4, -0.2) is 32.6 Å². The molecule has 1 heterocycles. The second-order valence-corrected chi connectivity index (χ2v) is 5.97. The molecule has 0 unspecified atom stereocenters. The number of nitrogens with two attached hydrogens (primary N) is 1. The van der Waals surface area contributed by atoms with Crippen molar-refractivity contribution < 1.29 is 8.42 Å². The molecule has 1 rings (SSSR count). The SMILES string of the molecule is CCS(=O)(=O)c1c(N)nsc1N(C)C. The Morgan fingerprint density at radius 2 is 2.07 bits per heavy atom. The van der Waals surface area contributed by atoms with E-state index in [0.717, 1.165) is 11.5 Å². The van der Waals surface area contributed by atoms with Gasteiger partial charge in [0, 0.05) is 14.1 Å². The van der Waals surface area contributed by atoms with Gasteiger partial charge < -0.3 is 10.6 Å². The minimum absolute atomic E-state index is 0.0381. The van der Waals surface area contributed by atoms with Crippen molar-refractivity contribution >= 4 is 32.2 Å². The molecule has 0 aliphatic heterocycles. The van der Waals surface area contributed by atoms with E-state index in [-0.39, 0.29) is 16.5 Å². The minimum atomic E-state index is -3.28. The van der Waals surface area contributed by atoms with Gasteiger partial charge in [-0.25, -0.2) is 8.42 Å². The highest BCUT2D eigenvalue weighted by Crippen LogP contribution is 2.33. The average Bonchev–Trinajstić information content (AvgIpc) is 2.47. The zero-order chi connectivity index (χ0) is 10.9. The third kappa shape index (κ3) is 1.83. The predicted molar refractivity (Wildman–Crippen MR) is 58.6 cm³/mol. The van der Waals surface area contributed by atoms with Gasteiger partial charge in [0.1, 0.15) is 9.90 Å². The Morgan fingerprint density at radius 1 is 1.50 bits per heavy atom. The molecule has 0 atom stereocenters. The lowest BCUT2D eigenvalue weighted by Gasteiger charge is -2.11. The fourth-order valence-electron chi connectivity index (χ4n) is 1.01. The average molecular weight is 235 g/mol. The van der Waals surface area contributed by atoms with E-state index in [1.165, 1.54) is 0 Å². The van der Waals surface area contributed by atoms with Crippen molar-refractivity contribution in [3.8, 4) is 0 Å². The quantitative estimate of drug-likeness (QED) is 0.829. The molecule has 0 saturated carbocycles. The topological polar surface area (TPSA) is 76.3 Å². The number of rotatable bonds is 3. The van der Waals surface area contributed by atoms with E-state index in [1.807, 2.05) is 0 Å². The van der Waals surface area contributed by atoms with Gasteiger partial charge in [-0.1, -0.05) is 6.92 Å². The molecule has 0 bridgehead atoms. The summed E-state index contributed by atoms with van der Waals surface area (Å²) in [5.41, 5.74) is 5.53. The number of sulfone groups is 1. The molecule has 80 valence electrons. The largest absolute Gasteiger partial charge is 0.382 e. The fraction of sp³-hybridized carbons (Fsp3) is 0.571. The van der Waals surface area contributed by atoms with Gasteiger partial charge in [0.2, 0.25) is 0 Å². The Balaban J connectivity index is 3.39. The molecule has 1 aromatic rings. The zero-order valence-electron chi connectivity index (χ0n) is 8.31. The molecule has 0 aliphatic rings. The van der Waals surface area contributed by atoms with Crippen molar-refractivity contribution in [2.75, 3.05) is 30.5 Å². The second-order valence-electron chi connectivity index (χ2n) is 3.00. The highest BCUT2D eigenvalue weighted by atomic mass is 32.2. The van der Waals surface area contributed by atoms with Crippen molar-refractivity contribution in [3.63, 3.8) is 0 Å². The summed E-state index contributed by atoms with van der Waals surface area (Å²) in [5, 5.41) is 0.587. The monoisotopic (exact) mass is 235 g/mol. The van der Waals surface area contributed by atoms with E-state index in [2.05, 4.69) is 4.37 Å². The first-order valence-electron chi connectivity index (χ1n) is 4.05. The van der Waals surface area contributed by atoms with Gasteiger partial charge in [0.15, 0.2) is 15.7 Å². The van der Waals surface area contributed by atoms with E-state index in [0.29, 0.717) is 5.00 Å². The Bertz CT molecular complexity index is 422. The summed E-state index contributed by atoms with van der Waals surface area (Å²) in [6.45, 7) is 1.59. The number of nitrogens with zero attached hydrogens (tertiary/aromatic N) is 2. The lowest BCUT2D eigenvalue weighted by atomic mass is 10.6. The molecule has 0 radical (unpaired) electrons.